The molecule has 1 N–H and O–H groups in total. The summed E-state index contributed by atoms with van der Waals surface area (Å²) in [5.74, 6) is -0.366. The van der Waals surface area contributed by atoms with Crippen LogP contribution in [0.1, 0.15) is 19.4 Å². The molecule has 188 valence electrons. The predicted octanol–water partition coefficient (Wildman–Crippen LogP) is 5.81. The van der Waals surface area contributed by atoms with Crippen molar-refractivity contribution in [2.45, 2.75) is 13.8 Å². The first kappa shape index (κ1) is 25.6. The molecule has 0 saturated heterocycles. The van der Waals surface area contributed by atoms with Crippen LogP contribution in [0, 0.1) is 11.7 Å². The number of carbonyl (C=O) groups excluding carboxylic acids is 2. The normalized spacial score (nSPS) is 11.1. The van der Waals surface area contributed by atoms with Crippen LogP contribution in [0.5, 0.6) is 0 Å². The van der Waals surface area contributed by atoms with Gasteiger partial charge < -0.3 is 10.2 Å². The fraction of sp³-hybridized carbons (Fsp3) is 0.167. The van der Waals surface area contributed by atoms with E-state index in [1.165, 1.54) is 23.1 Å². The van der Waals surface area contributed by atoms with E-state index in [-0.39, 0.29) is 30.1 Å². The number of benzene rings is 3. The van der Waals surface area contributed by atoms with Gasteiger partial charge in [0.15, 0.2) is 0 Å². The number of anilines is 1. The van der Waals surface area contributed by atoms with Gasteiger partial charge in [-0.1, -0.05) is 74.5 Å². The number of halogens is 1. The van der Waals surface area contributed by atoms with Crippen molar-refractivity contribution in [2.24, 2.45) is 5.92 Å². The smallest absolute Gasteiger partial charge is 0.247 e. The van der Waals surface area contributed by atoms with E-state index < -0.39 is 0 Å². The van der Waals surface area contributed by atoms with E-state index in [1.54, 1.807) is 29.0 Å². The first-order valence-electron chi connectivity index (χ1n) is 12.1. The highest BCUT2D eigenvalue weighted by Crippen LogP contribution is 2.25. The second-order valence-electron chi connectivity index (χ2n) is 9.07. The molecule has 0 bridgehead atoms. The van der Waals surface area contributed by atoms with E-state index in [0.29, 0.717) is 23.7 Å². The van der Waals surface area contributed by atoms with Crippen molar-refractivity contribution >= 4 is 23.7 Å². The van der Waals surface area contributed by atoms with Gasteiger partial charge in [-0.2, -0.15) is 5.10 Å². The third kappa shape index (κ3) is 7.01. The van der Waals surface area contributed by atoms with Gasteiger partial charge in [0.2, 0.25) is 11.8 Å². The highest BCUT2D eigenvalue weighted by atomic mass is 19.1. The lowest BCUT2D eigenvalue weighted by Gasteiger charge is -2.23. The average molecular weight is 497 g/mol. The third-order valence-corrected chi connectivity index (χ3v) is 5.57. The van der Waals surface area contributed by atoms with Crippen LogP contribution in [0.3, 0.4) is 0 Å². The molecule has 6 nitrogen and oxygen atoms in total. The SMILES string of the molecule is CC(C)CN(CC(=O)Nc1cc(-c2ccccc2)nn1-c1ccc(F)cc1)C(=O)C=Cc1ccccc1. The first-order valence-corrected chi connectivity index (χ1v) is 12.1. The summed E-state index contributed by atoms with van der Waals surface area (Å²) in [6.45, 7) is 4.30. The van der Waals surface area contributed by atoms with Crippen molar-refractivity contribution in [1.82, 2.24) is 14.7 Å². The molecular formula is C30H29FN4O2. The lowest BCUT2D eigenvalue weighted by molar-refractivity contribution is -0.131. The summed E-state index contributed by atoms with van der Waals surface area (Å²) in [5, 5.41) is 7.54. The fourth-order valence-corrected chi connectivity index (χ4v) is 3.87. The third-order valence-electron chi connectivity index (χ3n) is 5.57. The van der Waals surface area contributed by atoms with Gasteiger partial charge in [-0.3, -0.25) is 9.59 Å². The number of hydrogen-bond acceptors (Lipinski definition) is 3. The van der Waals surface area contributed by atoms with Crippen LogP contribution in [0.4, 0.5) is 10.2 Å². The number of nitrogens with one attached hydrogen (secondary N) is 1. The molecule has 0 saturated carbocycles. The van der Waals surface area contributed by atoms with Crippen LogP contribution in [0.15, 0.2) is 97.1 Å². The van der Waals surface area contributed by atoms with Crippen LogP contribution >= 0.6 is 0 Å². The molecule has 1 aromatic heterocycles. The lowest BCUT2D eigenvalue weighted by Crippen LogP contribution is -2.39. The Kier molecular flexibility index (Phi) is 8.26. The van der Waals surface area contributed by atoms with Gasteiger partial charge >= 0.3 is 0 Å². The largest absolute Gasteiger partial charge is 0.330 e. The minimum absolute atomic E-state index is 0.120. The second kappa shape index (κ2) is 11.9. The van der Waals surface area contributed by atoms with Crippen LogP contribution < -0.4 is 5.32 Å². The van der Waals surface area contributed by atoms with Crippen LogP contribution in [-0.2, 0) is 9.59 Å². The molecule has 0 aliphatic rings. The lowest BCUT2D eigenvalue weighted by atomic mass is 10.1. The van der Waals surface area contributed by atoms with E-state index in [0.717, 1.165) is 11.1 Å². The van der Waals surface area contributed by atoms with E-state index >= 15 is 0 Å². The molecule has 0 unspecified atom stereocenters. The molecule has 3 aromatic carbocycles. The van der Waals surface area contributed by atoms with E-state index in [2.05, 4.69) is 10.4 Å². The van der Waals surface area contributed by atoms with Gasteiger partial charge in [0, 0.05) is 24.3 Å². The number of hydrogen-bond donors (Lipinski definition) is 1. The molecule has 1 heterocycles. The van der Waals surface area contributed by atoms with Gasteiger partial charge in [0.05, 0.1) is 11.4 Å². The Labute approximate surface area is 216 Å². The minimum Gasteiger partial charge on any atom is -0.330 e. The Bertz CT molecular complexity index is 1360. The van der Waals surface area contributed by atoms with Gasteiger partial charge in [-0.15, -0.1) is 0 Å². The Morgan fingerprint density at radius 1 is 0.973 bits per heavy atom. The zero-order valence-electron chi connectivity index (χ0n) is 20.8. The van der Waals surface area contributed by atoms with Gasteiger partial charge in [0.25, 0.3) is 0 Å². The van der Waals surface area contributed by atoms with Crippen molar-refractivity contribution < 1.29 is 14.0 Å². The molecule has 0 fully saturated rings. The molecule has 7 heteroatoms. The zero-order valence-corrected chi connectivity index (χ0v) is 20.8. The summed E-state index contributed by atoms with van der Waals surface area (Å²) < 4.78 is 15.1. The molecular weight excluding hydrogens is 467 g/mol. The Morgan fingerprint density at radius 3 is 2.27 bits per heavy atom. The first-order chi connectivity index (χ1) is 17.9. The fourth-order valence-electron chi connectivity index (χ4n) is 3.87. The molecule has 37 heavy (non-hydrogen) atoms. The summed E-state index contributed by atoms with van der Waals surface area (Å²) in [4.78, 5) is 27.6. The summed E-state index contributed by atoms with van der Waals surface area (Å²) in [7, 11) is 0. The van der Waals surface area contributed by atoms with E-state index in [4.69, 9.17) is 0 Å². The molecule has 0 atom stereocenters. The van der Waals surface area contributed by atoms with Crippen LogP contribution in [-0.4, -0.2) is 39.6 Å². The van der Waals surface area contributed by atoms with Crippen molar-refractivity contribution in [3.05, 3.63) is 108 Å². The quantitative estimate of drug-likeness (QED) is 0.297. The number of rotatable bonds is 9. The summed E-state index contributed by atoms with van der Waals surface area (Å²) in [6, 6.07) is 26.7. The number of amides is 2. The number of aromatic nitrogens is 2. The zero-order chi connectivity index (χ0) is 26.2. The highest BCUT2D eigenvalue weighted by molar-refractivity contribution is 5.98. The predicted molar refractivity (Wildman–Crippen MR) is 144 cm³/mol. The number of carbonyl (C=O) groups is 2. The maximum atomic E-state index is 13.5. The molecule has 0 radical (unpaired) electrons. The number of nitrogens with zero attached hydrogens (tertiary/aromatic N) is 3. The van der Waals surface area contributed by atoms with Crippen LogP contribution in [0.2, 0.25) is 0 Å². The Balaban J connectivity index is 1.56. The van der Waals surface area contributed by atoms with E-state index in [9.17, 15) is 14.0 Å². The summed E-state index contributed by atoms with van der Waals surface area (Å²) >= 11 is 0. The molecule has 0 aliphatic heterocycles. The monoisotopic (exact) mass is 496 g/mol. The van der Waals surface area contributed by atoms with Crippen molar-refractivity contribution in [1.29, 1.82) is 0 Å². The standard InChI is InChI=1S/C30H29FN4O2/c1-22(2)20-34(30(37)18-13-23-9-5-3-6-10-23)21-29(36)32-28-19-27(24-11-7-4-8-12-24)33-35(28)26-16-14-25(31)15-17-26/h3-19,22H,20-21H2,1-2H3,(H,32,36). The van der Waals surface area contributed by atoms with Gasteiger partial charge in [-0.05, 0) is 41.8 Å². The van der Waals surface area contributed by atoms with Gasteiger partial charge in [0.1, 0.15) is 18.2 Å². The van der Waals surface area contributed by atoms with Crippen molar-refractivity contribution in [3.8, 4) is 16.9 Å². The minimum atomic E-state index is -0.365. The molecule has 2 amide bonds. The van der Waals surface area contributed by atoms with Gasteiger partial charge in [-0.25, -0.2) is 9.07 Å². The Morgan fingerprint density at radius 2 is 1.62 bits per heavy atom. The average Bonchev–Trinajstić information content (AvgIpc) is 3.31. The molecule has 0 spiro atoms. The molecule has 4 rings (SSSR count). The topological polar surface area (TPSA) is 67.2 Å². The second-order valence-corrected chi connectivity index (χ2v) is 9.07. The van der Waals surface area contributed by atoms with E-state index in [1.807, 2.05) is 74.5 Å². The van der Waals surface area contributed by atoms with Crippen molar-refractivity contribution in [2.75, 3.05) is 18.4 Å². The molecule has 0 aliphatic carbocycles. The maximum Gasteiger partial charge on any atom is 0.247 e. The Hall–Kier alpha value is -4.52. The van der Waals surface area contributed by atoms with Crippen LogP contribution in [0.25, 0.3) is 23.0 Å². The summed E-state index contributed by atoms with van der Waals surface area (Å²) in [5.41, 5.74) is 3.03. The molecule has 4 aromatic rings. The highest BCUT2D eigenvalue weighted by Gasteiger charge is 2.19. The maximum absolute atomic E-state index is 13.5. The van der Waals surface area contributed by atoms with Crippen molar-refractivity contribution in [3.63, 3.8) is 0 Å². The summed E-state index contributed by atoms with van der Waals surface area (Å²) in [6.07, 6.45) is 3.23.